The van der Waals surface area contributed by atoms with Crippen molar-refractivity contribution < 1.29 is 9.32 Å². The van der Waals surface area contributed by atoms with Crippen molar-refractivity contribution in [3.8, 4) is 0 Å². The fourth-order valence-corrected chi connectivity index (χ4v) is 3.13. The molecule has 0 saturated carbocycles. The van der Waals surface area contributed by atoms with E-state index in [2.05, 4.69) is 45.3 Å². The lowest BCUT2D eigenvalue weighted by atomic mass is 10.1. The van der Waals surface area contributed by atoms with Gasteiger partial charge in [-0.25, -0.2) is 0 Å². The molecule has 0 bridgehead atoms. The van der Waals surface area contributed by atoms with Gasteiger partial charge < -0.3 is 14.4 Å². The van der Waals surface area contributed by atoms with Crippen LogP contribution in [0.2, 0.25) is 0 Å². The Labute approximate surface area is 130 Å². The molecule has 0 aromatic carbocycles. The quantitative estimate of drug-likeness (QED) is 0.921. The zero-order valence-corrected chi connectivity index (χ0v) is 13.1. The molecule has 2 aromatic rings. The van der Waals surface area contributed by atoms with E-state index >= 15 is 0 Å². The first kappa shape index (κ1) is 14.8. The minimum atomic E-state index is -0.0224. The van der Waals surface area contributed by atoms with Crippen LogP contribution in [-0.2, 0) is 11.8 Å². The summed E-state index contributed by atoms with van der Waals surface area (Å²) in [6.07, 6.45) is 4.88. The van der Waals surface area contributed by atoms with Gasteiger partial charge in [0.25, 0.3) is 0 Å². The highest BCUT2D eigenvalue weighted by molar-refractivity contribution is 5.89. The number of carbonyl (C=O) groups is 1. The van der Waals surface area contributed by atoms with Crippen molar-refractivity contribution in [2.75, 3.05) is 18.4 Å². The Morgan fingerprint density at radius 3 is 3.09 bits per heavy atom. The van der Waals surface area contributed by atoms with Gasteiger partial charge in [-0.3, -0.25) is 9.69 Å². The number of anilines is 1. The highest BCUT2D eigenvalue weighted by Crippen LogP contribution is 2.31. The van der Waals surface area contributed by atoms with Gasteiger partial charge in [0.15, 0.2) is 5.82 Å². The van der Waals surface area contributed by atoms with E-state index in [9.17, 15) is 4.79 Å². The third-order valence-electron chi connectivity index (χ3n) is 4.21. The monoisotopic (exact) mass is 302 g/mol. The van der Waals surface area contributed by atoms with E-state index in [0.717, 1.165) is 19.5 Å². The molecular formula is C16H22N4O2. The molecule has 3 heterocycles. The first-order valence-electron chi connectivity index (χ1n) is 7.72. The van der Waals surface area contributed by atoms with Crippen LogP contribution in [0, 0.1) is 6.92 Å². The number of nitrogens with zero attached hydrogens (tertiary/aromatic N) is 3. The van der Waals surface area contributed by atoms with Crippen LogP contribution < -0.4 is 5.32 Å². The van der Waals surface area contributed by atoms with Gasteiger partial charge in [0, 0.05) is 38.0 Å². The summed E-state index contributed by atoms with van der Waals surface area (Å²) in [5.41, 5.74) is 1.32. The van der Waals surface area contributed by atoms with E-state index in [0.29, 0.717) is 24.0 Å². The minimum absolute atomic E-state index is 0.0224. The summed E-state index contributed by atoms with van der Waals surface area (Å²) < 4.78 is 7.11. The number of carbonyl (C=O) groups excluding carboxylic acids is 1. The van der Waals surface area contributed by atoms with Gasteiger partial charge in [0.05, 0.1) is 6.04 Å². The van der Waals surface area contributed by atoms with E-state index < -0.39 is 0 Å². The van der Waals surface area contributed by atoms with E-state index in [1.807, 2.05) is 0 Å². The Balaban J connectivity index is 1.54. The van der Waals surface area contributed by atoms with Gasteiger partial charge in [0.2, 0.25) is 5.91 Å². The van der Waals surface area contributed by atoms with Crippen molar-refractivity contribution in [2.45, 2.75) is 32.2 Å². The van der Waals surface area contributed by atoms with E-state index in [1.54, 1.807) is 13.0 Å². The summed E-state index contributed by atoms with van der Waals surface area (Å²) in [6, 6.07) is 6.38. The summed E-state index contributed by atoms with van der Waals surface area (Å²) in [7, 11) is 2.07. The zero-order valence-electron chi connectivity index (χ0n) is 13.1. The number of aryl methyl sites for hydroxylation is 2. The predicted molar refractivity (Wildman–Crippen MR) is 83.4 cm³/mol. The molecule has 1 amide bonds. The third kappa shape index (κ3) is 3.22. The van der Waals surface area contributed by atoms with E-state index in [4.69, 9.17) is 4.52 Å². The zero-order chi connectivity index (χ0) is 15.5. The molecule has 1 aliphatic rings. The first-order valence-corrected chi connectivity index (χ1v) is 7.72. The molecule has 1 N–H and O–H groups in total. The van der Waals surface area contributed by atoms with Crippen LogP contribution in [-0.4, -0.2) is 33.6 Å². The number of likely N-dealkylation sites (tertiary alicyclic amines) is 1. The lowest BCUT2D eigenvalue weighted by Crippen LogP contribution is -2.28. The highest BCUT2D eigenvalue weighted by Gasteiger charge is 2.27. The van der Waals surface area contributed by atoms with Gasteiger partial charge in [-0.1, -0.05) is 5.16 Å². The number of nitrogens with one attached hydrogen (secondary N) is 1. The molecule has 0 spiro atoms. The number of rotatable bonds is 5. The fraction of sp³-hybridized carbons (Fsp3) is 0.500. The van der Waals surface area contributed by atoms with Gasteiger partial charge in [0.1, 0.15) is 5.76 Å². The smallest absolute Gasteiger partial charge is 0.226 e. The largest absolute Gasteiger partial charge is 0.360 e. The predicted octanol–water partition coefficient (Wildman–Crippen LogP) is 2.49. The van der Waals surface area contributed by atoms with Crippen LogP contribution in [0.15, 0.2) is 28.9 Å². The maximum atomic E-state index is 12.0. The van der Waals surface area contributed by atoms with Gasteiger partial charge in [-0.2, -0.15) is 0 Å². The molecule has 1 fully saturated rings. The Bertz CT molecular complexity index is 646. The van der Waals surface area contributed by atoms with Crippen LogP contribution in [0.1, 0.15) is 36.8 Å². The van der Waals surface area contributed by atoms with Crippen LogP contribution in [0.4, 0.5) is 5.82 Å². The van der Waals surface area contributed by atoms with Crippen molar-refractivity contribution in [3.05, 3.63) is 35.9 Å². The molecule has 22 heavy (non-hydrogen) atoms. The lowest BCUT2D eigenvalue weighted by molar-refractivity contribution is -0.116. The average molecular weight is 302 g/mol. The van der Waals surface area contributed by atoms with Crippen LogP contribution in [0.3, 0.4) is 0 Å². The SMILES string of the molecule is Cc1cc(NC(=O)CCN2CCC[C@@H]2c2cccn2C)no1. The second-order valence-corrected chi connectivity index (χ2v) is 5.86. The van der Waals surface area contributed by atoms with Crippen LogP contribution in [0.5, 0.6) is 0 Å². The molecule has 6 nitrogen and oxygen atoms in total. The number of hydrogen-bond acceptors (Lipinski definition) is 4. The van der Waals surface area contributed by atoms with E-state index in [1.165, 1.54) is 12.1 Å². The fourth-order valence-electron chi connectivity index (χ4n) is 3.13. The Morgan fingerprint density at radius 1 is 1.55 bits per heavy atom. The second-order valence-electron chi connectivity index (χ2n) is 5.86. The molecule has 3 rings (SSSR count). The lowest BCUT2D eigenvalue weighted by Gasteiger charge is -2.24. The van der Waals surface area contributed by atoms with Gasteiger partial charge in [-0.15, -0.1) is 0 Å². The Morgan fingerprint density at radius 2 is 2.41 bits per heavy atom. The Kier molecular flexibility index (Phi) is 4.29. The number of hydrogen-bond donors (Lipinski definition) is 1. The molecule has 1 aliphatic heterocycles. The highest BCUT2D eigenvalue weighted by atomic mass is 16.5. The van der Waals surface area contributed by atoms with Crippen molar-refractivity contribution >= 4 is 11.7 Å². The molecule has 6 heteroatoms. The Hall–Kier alpha value is -2.08. The molecular weight excluding hydrogens is 280 g/mol. The maximum Gasteiger partial charge on any atom is 0.226 e. The molecule has 1 saturated heterocycles. The summed E-state index contributed by atoms with van der Waals surface area (Å²) >= 11 is 0. The normalized spacial score (nSPS) is 18.7. The van der Waals surface area contributed by atoms with Gasteiger partial charge >= 0.3 is 0 Å². The van der Waals surface area contributed by atoms with Crippen molar-refractivity contribution in [3.63, 3.8) is 0 Å². The number of aromatic nitrogens is 2. The van der Waals surface area contributed by atoms with Gasteiger partial charge in [-0.05, 0) is 38.4 Å². The summed E-state index contributed by atoms with van der Waals surface area (Å²) in [6.45, 7) is 3.61. The average Bonchev–Trinajstić information content (AvgIpc) is 3.18. The summed E-state index contributed by atoms with van der Waals surface area (Å²) in [4.78, 5) is 14.4. The van der Waals surface area contributed by atoms with Crippen molar-refractivity contribution in [1.29, 1.82) is 0 Å². The van der Waals surface area contributed by atoms with Crippen LogP contribution in [0.25, 0.3) is 0 Å². The van der Waals surface area contributed by atoms with Crippen molar-refractivity contribution in [1.82, 2.24) is 14.6 Å². The third-order valence-corrected chi connectivity index (χ3v) is 4.21. The molecule has 1 atom stereocenters. The topological polar surface area (TPSA) is 63.3 Å². The molecule has 0 aliphatic carbocycles. The van der Waals surface area contributed by atoms with Crippen molar-refractivity contribution in [2.24, 2.45) is 7.05 Å². The molecule has 0 radical (unpaired) electrons. The first-order chi connectivity index (χ1) is 10.6. The van der Waals surface area contributed by atoms with E-state index in [-0.39, 0.29) is 5.91 Å². The summed E-state index contributed by atoms with van der Waals surface area (Å²) in [5.74, 6) is 1.16. The maximum absolute atomic E-state index is 12.0. The van der Waals surface area contributed by atoms with Crippen LogP contribution >= 0.6 is 0 Å². The number of amides is 1. The minimum Gasteiger partial charge on any atom is -0.360 e. The second kappa shape index (κ2) is 6.36. The molecule has 0 unspecified atom stereocenters. The summed E-state index contributed by atoms with van der Waals surface area (Å²) in [5, 5.41) is 6.55. The molecule has 118 valence electrons. The standard InChI is InChI=1S/C16H22N4O2/c1-12-11-15(18-22-12)17-16(21)7-10-20-9-4-6-14(20)13-5-3-8-19(13)2/h3,5,8,11,14H,4,6-7,9-10H2,1-2H3,(H,17,18,21)/t14-/m1/s1. The molecule has 2 aromatic heterocycles.